The topological polar surface area (TPSA) is 39.7 Å². The van der Waals surface area contributed by atoms with E-state index in [1.165, 1.54) is 17.8 Å². The molecule has 132 valence electrons. The van der Waals surface area contributed by atoms with Crippen LogP contribution in [0.1, 0.15) is 25.8 Å². The van der Waals surface area contributed by atoms with Crippen molar-refractivity contribution in [1.82, 2.24) is 5.43 Å². The molecular formula is C19H23FN4S. The zero-order chi connectivity index (χ0) is 18.1. The van der Waals surface area contributed by atoms with Gasteiger partial charge in [-0.05, 0) is 61.5 Å². The van der Waals surface area contributed by atoms with Gasteiger partial charge in [0.15, 0.2) is 5.11 Å². The molecule has 0 aliphatic rings. The largest absolute Gasteiger partial charge is 0.372 e. The summed E-state index contributed by atoms with van der Waals surface area (Å²) in [5.41, 5.74) is 5.48. The van der Waals surface area contributed by atoms with Gasteiger partial charge in [-0.3, -0.25) is 5.43 Å². The molecule has 2 rings (SSSR count). The molecule has 0 unspecified atom stereocenters. The molecular weight excluding hydrogens is 335 g/mol. The van der Waals surface area contributed by atoms with E-state index in [0.29, 0.717) is 10.8 Å². The SMILES string of the molecule is CCCN(CC)c1ccc(/C=N\NC(=S)Nc2cccc(F)c2)cc1. The van der Waals surface area contributed by atoms with E-state index in [4.69, 9.17) is 12.2 Å². The molecule has 0 saturated heterocycles. The molecule has 0 spiro atoms. The number of anilines is 2. The lowest BCUT2D eigenvalue weighted by atomic mass is 10.2. The van der Waals surface area contributed by atoms with Crippen LogP contribution in [-0.4, -0.2) is 24.4 Å². The summed E-state index contributed by atoms with van der Waals surface area (Å²) in [6, 6.07) is 14.3. The molecule has 0 aromatic heterocycles. The van der Waals surface area contributed by atoms with Crippen molar-refractivity contribution in [2.75, 3.05) is 23.3 Å². The Bertz CT molecular complexity index is 716. The van der Waals surface area contributed by atoms with E-state index in [1.807, 2.05) is 12.1 Å². The van der Waals surface area contributed by atoms with E-state index in [0.717, 1.165) is 25.1 Å². The highest BCUT2D eigenvalue weighted by Crippen LogP contribution is 2.14. The summed E-state index contributed by atoms with van der Waals surface area (Å²) in [6.45, 7) is 6.37. The van der Waals surface area contributed by atoms with E-state index in [2.05, 4.69) is 46.7 Å². The van der Waals surface area contributed by atoms with Gasteiger partial charge in [-0.2, -0.15) is 5.10 Å². The summed E-state index contributed by atoms with van der Waals surface area (Å²) in [5.74, 6) is -0.319. The number of nitrogens with zero attached hydrogens (tertiary/aromatic N) is 2. The van der Waals surface area contributed by atoms with Gasteiger partial charge in [0.05, 0.1) is 6.21 Å². The van der Waals surface area contributed by atoms with Gasteiger partial charge in [-0.1, -0.05) is 25.1 Å². The maximum Gasteiger partial charge on any atom is 0.191 e. The molecule has 6 heteroatoms. The first kappa shape index (κ1) is 18.9. The zero-order valence-electron chi connectivity index (χ0n) is 14.5. The lowest BCUT2D eigenvalue weighted by Crippen LogP contribution is -2.24. The number of halogens is 1. The molecule has 0 radical (unpaired) electrons. The standard InChI is InChI=1S/C19H23FN4S/c1-3-12-24(4-2)18-10-8-15(9-11-18)14-21-23-19(25)22-17-7-5-6-16(20)13-17/h5-11,13-14H,3-4,12H2,1-2H3,(H2,22,23,25)/b21-14-. The molecule has 0 heterocycles. The number of nitrogens with one attached hydrogen (secondary N) is 2. The molecule has 25 heavy (non-hydrogen) atoms. The molecule has 0 atom stereocenters. The fraction of sp³-hybridized carbons (Fsp3) is 0.263. The van der Waals surface area contributed by atoms with Gasteiger partial charge in [-0.15, -0.1) is 0 Å². The van der Waals surface area contributed by atoms with E-state index >= 15 is 0 Å². The Morgan fingerprint density at radius 2 is 1.96 bits per heavy atom. The molecule has 4 nitrogen and oxygen atoms in total. The predicted molar refractivity (Wildman–Crippen MR) is 108 cm³/mol. The molecule has 0 aliphatic heterocycles. The second kappa shape index (κ2) is 9.74. The molecule has 2 aromatic carbocycles. The Morgan fingerprint density at radius 1 is 1.20 bits per heavy atom. The van der Waals surface area contributed by atoms with Crippen molar-refractivity contribution in [2.24, 2.45) is 5.10 Å². The highest BCUT2D eigenvalue weighted by molar-refractivity contribution is 7.80. The third-order valence-electron chi connectivity index (χ3n) is 3.60. The smallest absolute Gasteiger partial charge is 0.191 e. The van der Waals surface area contributed by atoms with Crippen molar-refractivity contribution >= 4 is 34.9 Å². The molecule has 0 aliphatic carbocycles. The van der Waals surface area contributed by atoms with Gasteiger partial charge in [0.2, 0.25) is 0 Å². The number of benzene rings is 2. The van der Waals surface area contributed by atoms with Crippen molar-refractivity contribution in [2.45, 2.75) is 20.3 Å². The van der Waals surface area contributed by atoms with Gasteiger partial charge in [0.1, 0.15) is 5.82 Å². The quantitative estimate of drug-likeness (QED) is 0.438. The van der Waals surface area contributed by atoms with E-state index in [1.54, 1.807) is 18.3 Å². The van der Waals surface area contributed by atoms with Crippen LogP contribution in [0.5, 0.6) is 0 Å². The van der Waals surface area contributed by atoms with Crippen LogP contribution >= 0.6 is 12.2 Å². The average Bonchev–Trinajstić information content (AvgIpc) is 2.60. The summed E-state index contributed by atoms with van der Waals surface area (Å²) in [7, 11) is 0. The Morgan fingerprint density at radius 3 is 2.60 bits per heavy atom. The van der Waals surface area contributed by atoms with Crippen LogP contribution in [0.4, 0.5) is 15.8 Å². The number of hydrogen-bond donors (Lipinski definition) is 2. The van der Waals surface area contributed by atoms with Crippen LogP contribution < -0.4 is 15.6 Å². The summed E-state index contributed by atoms with van der Waals surface area (Å²) >= 11 is 5.13. The maximum absolute atomic E-state index is 13.1. The van der Waals surface area contributed by atoms with Crippen molar-refractivity contribution in [3.63, 3.8) is 0 Å². The number of hydrazone groups is 1. The van der Waals surface area contributed by atoms with Crippen molar-refractivity contribution in [3.8, 4) is 0 Å². The number of hydrogen-bond acceptors (Lipinski definition) is 3. The fourth-order valence-electron chi connectivity index (χ4n) is 2.40. The molecule has 2 N–H and O–H groups in total. The Balaban J connectivity index is 1.88. The lowest BCUT2D eigenvalue weighted by molar-refractivity contribution is 0.628. The molecule has 2 aromatic rings. The maximum atomic E-state index is 13.1. The Labute approximate surface area is 153 Å². The van der Waals surface area contributed by atoms with Gasteiger partial charge >= 0.3 is 0 Å². The molecule has 0 bridgehead atoms. The summed E-state index contributed by atoms with van der Waals surface area (Å²) in [6.07, 6.45) is 2.82. The van der Waals surface area contributed by atoms with Crippen LogP contribution in [0.15, 0.2) is 53.6 Å². The first-order valence-electron chi connectivity index (χ1n) is 8.33. The third-order valence-corrected chi connectivity index (χ3v) is 3.79. The van der Waals surface area contributed by atoms with E-state index in [-0.39, 0.29) is 5.82 Å². The second-order valence-corrected chi connectivity index (χ2v) is 5.91. The second-order valence-electron chi connectivity index (χ2n) is 5.51. The lowest BCUT2D eigenvalue weighted by Gasteiger charge is -2.22. The summed E-state index contributed by atoms with van der Waals surface area (Å²) in [4.78, 5) is 2.33. The van der Waals surface area contributed by atoms with Crippen LogP contribution in [-0.2, 0) is 0 Å². The predicted octanol–water partition coefficient (Wildman–Crippen LogP) is 4.38. The van der Waals surface area contributed by atoms with Gasteiger partial charge in [0, 0.05) is 24.5 Å². The van der Waals surface area contributed by atoms with Crippen molar-refractivity contribution in [3.05, 3.63) is 59.9 Å². The Hall–Kier alpha value is -2.47. The zero-order valence-corrected chi connectivity index (χ0v) is 15.3. The van der Waals surface area contributed by atoms with Gasteiger partial charge in [-0.25, -0.2) is 4.39 Å². The normalized spacial score (nSPS) is 10.7. The monoisotopic (exact) mass is 358 g/mol. The third kappa shape index (κ3) is 6.15. The number of rotatable bonds is 7. The van der Waals surface area contributed by atoms with Crippen molar-refractivity contribution < 1.29 is 4.39 Å². The highest BCUT2D eigenvalue weighted by Gasteiger charge is 2.02. The van der Waals surface area contributed by atoms with Crippen LogP contribution in [0.2, 0.25) is 0 Å². The summed E-state index contributed by atoms with van der Waals surface area (Å²) in [5, 5.41) is 7.28. The van der Waals surface area contributed by atoms with E-state index < -0.39 is 0 Å². The minimum atomic E-state index is -0.319. The summed E-state index contributed by atoms with van der Waals surface area (Å²) < 4.78 is 13.1. The minimum absolute atomic E-state index is 0.304. The first-order valence-corrected chi connectivity index (χ1v) is 8.73. The minimum Gasteiger partial charge on any atom is -0.372 e. The average molecular weight is 358 g/mol. The first-order chi connectivity index (χ1) is 12.1. The van der Waals surface area contributed by atoms with Crippen LogP contribution in [0, 0.1) is 5.82 Å². The molecule has 0 amide bonds. The van der Waals surface area contributed by atoms with Gasteiger partial charge in [0.25, 0.3) is 0 Å². The van der Waals surface area contributed by atoms with Gasteiger partial charge < -0.3 is 10.2 Å². The van der Waals surface area contributed by atoms with Crippen LogP contribution in [0.25, 0.3) is 0 Å². The highest BCUT2D eigenvalue weighted by atomic mass is 32.1. The molecule has 0 saturated carbocycles. The van der Waals surface area contributed by atoms with Crippen LogP contribution in [0.3, 0.4) is 0 Å². The van der Waals surface area contributed by atoms with Crippen molar-refractivity contribution in [1.29, 1.82) is 0 Å². The molecule has 0 fully saturated rings. The van der Waals surface area contributed by atoms with E-state index in [9.17, 15) is 4.39 Å². The Kier molecular flexibility index (Phi) is 7.35. The fourth-order valence-corrected chi connectivity index (χ4v) is 2.57. The number of thiocarbonyl (C=S) groups is 1.